The van der Waals surface area contributed by atoms with Gasteiger partial charge in [-0.2, -0.15) is 0 Å². The summed E-state index contributed by atoms with van der Waals surface area (Å²) in [5.74, 6) is 0.930. The lowest BCUT2D eigenvalue weighted by atomic mass is 10.2. The van der Waals surface area contributed by atoms with E-state index in [1.807, 2.05) is 13.8 Å². The summed E-state index contributed by atoms with van der Waals surface area (Å²) in [7, 11) is 1.43. The van der Waals surface area contributed by atoms with Crippen molar-refractivity contribution in [2.75, 3.05) is 11.1 Å². The maximum atomic E-state index is 12.2. The van der Waals surface area contributed by atoms with E-state index in [-0.39, 0.29) is 24.0 Å². The van der Waals surface area contributed by atoms with Crippen LogP contribution in [0.1, 0.15) is 19.6 Å². The molecule has 3 N–H and O–H groups in total. The highest BCUT2D eigenvalue weighted by Crippen LogP contribution is 2.13. The summed E-state index contributed by atoms with van der Waals surface area (Å²) in [4.78, 5) is 24.3. The first kappa shape index (κ1) is 14.9. The van der Waals surface area contributed by atoms with E-state index in [9.17, 15) is 9.59 Å². The fourth-order valence-corrected chi connectivity index (χ4v) is 2.00. The molecule has 0 aliphatic carbocycles. The number of anilines is 2. The lowest BCUT2D eigenvalue weighted by Crippen LogP contribution is -2.41. The molecule has 0 aromatic carbocycles. The molecule has 0 radical (unpaired) electrons. The molecule has 0 unspecified atom stereocenters. The lowest BCUT2D eigenvalue weighted by molar-refractivity contribution is 0.388. The molecule has 0 spiro atoms. The molecule has 0 bridgehead atoms. The standard InChI is InChI=1S/C13H19N5O3/c1-8(2)7-18-11(14)10(12(19)17(3)13(18)20)15-6-9-4-5-16-21-9/h4-5,8,15H,6-7,14H2,1-3H3. The number of nitrogens with one attached hydrogen (secondary N) is 1. The molecule has 8 nitrogen and oxygen atoms in total. The number of rotatable bonds is 5. The summed E-state index contributed by atoms with van der Waals surface area (Å²) in [5.41, 5.74) is 5.29. The normalized spacial score (nSPS) is 11.0. The van der Waals surface area contributed by atoms with Gasteiger partial charge in [-0.25, -0.2) is 4.79 Å². The Labute approximate surface area is 121 Å². The zero-order valence-electron chi connectivity index (χ0n) is 12.3. The summed E-state index contributed by atoms with van der Waals surface area (Å²) in [6.07, 6.45) is 1.51. The van der Waals surface area contributed by atoms with Gasteiger partial charge in [-0.15, -0.1) is 0 Å². The Hall–Kier alpha value is -2.51. The summed E-state index contributed by atoms with van der Waals surface area (Å²) in [6.45, 7) is 4.65. The van der Waals surface area contributed by atoms with Gasteiger partial charge in [0.25, 0.3) is 5.56 Å². The molecule has 0 atom stereocenters. The van der Waals surface area contributed by atoms with Gasteiger partial charge < -0.3 is 15.6 Å². The molecule has 21 heavy (non-hydrogen) atoms. The zero-order valence-corrected chi connectivity index (χ0v) is 12.3. The molecule has 0 saturated heterocycles. The summed E-state index contributed by atoms with van der Waals surface area (Å²) < 4.78 is 7.39. The summed E-state index contributed by atoms with van der Waals surface area (Å²) in [5, 5.41) is 6.50. The highest BCUT2D eigenvalue weighted by atomic mass is 16.5. The Morgan fingerprint density at radius 2 is 2.14 bits per heavy atom. The van der Waals surface area contributed by atoms with Crippen LogP contribution in [-0.2, 0) is 20.1 Å². The van der Waals surface area contributed by atoms with Crippen LogP contribution < -0.4 is 22.3 Å². The van der Waals surface area contributed by atoms with Crippen LogP contribution in [0.15, 0.2) is 26.4 Å². The Morgan fingerprint density at radius 3 is 2.71 bits per heavy atom. The molecule has 2 aromatic heterocycles. The van der Waals surface area contributed by atoms with Gasteiger partial charge in [0.05, 0.1) is 12.7 Å². The van der Waals surface area contributed by atoms with Crippen LogP contribution >= 0.6 is 0 Å². The Bertz CT molecular complexity index is 727. The van der Waals surface area contributed by atoms with Crippen molar-refractivity contribution in [2.45, 2.75) is 26.9 Å². The molecule has 0 aliphatic heterocycles. The molecule has 0 fully saturated rings. The summed E-state index contributed by atoms with van der Waals surface area (Å²) >= 11 is 0. The third-order valence-electron chi connectivity index (χ3n) is 3.06. The Balaban J connectivity index is 2.42. The molecule has 2 rings (SSSR count). The van der Waals surface area contributed by atoms with E-state index in [1.165, 1.54) is 17.8 Å². The van der Waals surface area contributed by atoms with E-state index < -0.39 is 11.2 Å². The van der Waals surface area contributed by atoms with E-state index >= 15 is 0 Å². The topological polar surface area (TPSA) is 108 Å². The second kappa shape index (κ2) is 5.86. The number of aromatic nitrogens is 3. The van der Waals surface area contributed by atoms with Gasteiger partial charge in [-0.05, 0) is 5.92 Å². The van der Waals surface area contributed by atoms with Crippen LogP contribution in [0, 0.1) is 5.92 Å². The van der Waals surface area contributed by atoms with Crippen molar-refractivity contribution in [3.63, 3.8) is 0 Å². The molecule has 2 aromatic rings. The van der Waals surface area contributed by atoms with Crippen LogP contribution in [0.3, 0.4) is 0 Å². The van der Waals surface area contributed by atoms with Gasteiger partial charge in [0.1, 0.15) is 11.5 Å². The maximum Gasteiger partial charge on any atom is 0.332 e. The first-order valence-corrected chi connectivity index (χ1v) is 6.64. The second-order valence-corrected chi connectivity index (χ2v) is 5.24. The predicted octanol–water partition coefficient (Wildman–Crippen LogP) is 0.385. The quantitative estimate of drug-likeness (QED) is 0.825. The molecule has 114 valence electrons. The predicted molar refractivity (Wildman–Crippen MR) is 79.0 cm³/mol. The van der Waals surface area contributed by atoms with E-state index in [0.717, 1.165) is 4.57 Å². The maximum absolute atomic E-state index is 12.2. The van der Waals surface area contributed by atoms with Gasteiger partial charge >= 0.3 is 5.69 Å². The second-order valence-electron chi connectivity index (χ2n) is 5.24. The Kier molecular flexibility index (Phi) is 4.15. The fourth-order valence-electron chi connectivity index (χ4n) is 2.00. The Morgan fingerprint density at radius 1 is 1.43 bits per heavy atom. The minimum Gasteiger partial charge on any atom is -0.383 e. The third kappa shape index (κ3) is 2.99. The highest BCUT2D eigenvalue weighted by Gasteiger charge is 2.16. The van der Waals surface area contributed by atoms with Gasteiger partial charge in [0, 0.05) is 19.7 Å². The van der Waals surface area contributed by atoms with Crippen LogP contribution in [0.5, 0.6) is 0 Å². The van der Waals surface area contributed by atoms with Crippen molar-refractivity contribution in [1.82, 2.24) is 14.3 Å². The average Bonchev–Trinajstić information content (AvgIpc) is 2.94. The average molecular weight is 293 g/mol. The smallest absolute Gasteiger partial charge is 0.332 e. The van der Waals surface area contributed by atoms with Crippen molar-refractivity contribution in [1.29, 1.82) is 0 Å². The number of nitrogens with two attached hydrogens (primary N) is 1. The van der Waals surface area contributed by atoms with E-state index in [4.69, 9.17) is 10.3 Å². The van der Waals surface area contributed by atoms with E-state index in [1.54, 1.807) is 6.07 Å². The van der Waals surface area contributed by atoms with Gasteiger partial charge in [-0.3, -0.25) is 13.9 Å². The van der Waals surface area contributed by atoms with Gasteiger partial charge in [-0.1, -0.05) is 19.0 Å². The molecular formula is C13H19N5O3. The van der Waals surface area contributed by atoms with Crippen molar-refractivity contribution < 1.29 is 4.52 Å². The molecule has 2 heterocycles. The molecular weight excluding hydrogens is 274 g/mol. The van der Waals surface area contributed by atoms with Crippen molar-refractivity contribution >= 4 is 11.5 Å². The SMILES string of the molecule is CC(C)Cn1c(N)c(NCc2ccno2)c(=O)n(C)c1=O. The zero-order chi connectivity index (χ0) is 15.6. The first-order chi connectivity index (χ1) is 9.91. The minimum atomic E-state index is -0.461. The molecule has 0 saturated carbocycles. The monoisotopic (exact) mass is 293 g/mol. The van der Waals surface area contributed by atoms with Crippen molar-refractivity contribution in [3.05, 3.63) is 38.9 Å². The van der Waals surface area contributed by atoms with E-state index in [0.29, 0.717) is 12.3 Å². The molecule has 8 heteroatoms. The molecule has 0 amide bonds. The summed E-state index contributed by atoms with van der Waals surface area (Å²) in [6, 6.07) is 1.68. The highest BCUT2D eigenvalue weighted by molar-refractivity contribution is 5.60. The number of nitrogen functional groups attached to an aromatic ring is 1. The largest absolute Gasteiger partial charge is 0.383 e. The number of hydrogen-bond acceptors (Lipinski definition) is 6. The van der Waals surface area contributed by atoms with E-state index in [2.05, 4.69) is 10.5 Å². The lowest BCUT2D eigenvalue weighted by Gasteiger charge is -2.17. The van der Waals surface area contributed by atoms with Crippen LogP contribution in [0.25, 0.3) is 0 Å². The number of hydrogen-bond donors (Lipinski definition) is 2. The van der Waals surface area contributed by atoms with Gasteiger partial charge in [0.2, 0.25) is 0 Å². The van der Waals surface area contributed by atoms with Crippen molar-refractivity contribution in [3.8, 4) is 0 Å². The fraction of sp³-hybridized carbons (Fsp3) is 0.462. The number of nitrogens with zero attached hydrogens (tertiary/aromatic N) is 3. The van der Waals surface area contributed by atoms with Crippen molar-refractivity contribution in [2.24, 2.45) is 13.0 Å². The third-order valence-corrected chi connectivity index (χ3v) is 3.06. The first-order valence-electron chi connectivity index (χ1n) is 6.64. The van der Waals surface area contributed by atoms with Crippen LogP contribution in [0.2, 0.25) is 0 Å². The van der Waals surface area contributed by atoms with Crippen LogP contribution in [0.4, 0.5) is 11.5 Å². The molecule has 0 aliphatic rings. The van der Waals surface area contributed by atoms with Crippen LogP contribution in [-0.4, -0.2) is 14.3 Å². The van der Waals surface area contributed by atoms with Gasteiger partial charge in [0.15, 0.2) is 5.76 Å². The minimum absolute atomic E-state index is 0.135.